The molecule has 2 aliphatic rings. The number of aromatic nitrogens is 4. The minimum atomic E-state index is -2.72. The third-order valence-corrected chi connectivity index (χ3v) is 7.93. The average molecular weight is 568 g/mol. The number of hydrogen-bond acceptors (Lipinski definition) is 4. The summed E-state index contributed by atoms with van der Waals surface area (Å²) in [5.74, 6) is -1.29. The highest BCUT2D eigenvalue weighted by Crippen LogP contribution is 2.56. The molecule has 3 aromatic heterocycles. The molecule has 0 saturated heterocycles. The molecule has 6 rings (SSSR count). The number of nitrogens with zero attached hydrogens (tertiary/aromatic N) is 4. The van der Waals surface area contributed by atoms with Crippen LogP contribution >= 0.6 is 11.6 Å². The highest BCUT2D eigenvalue weighted by atomic mass is 35.5. The fourth-order valence-corrected chi connectivity index (χ4v) is 5.44. The van der Waals surface area contributed by atoms with Crippen molar-refractivity contribution in [1.29, 1.82) is 0 Å². The zero-order valence-corrected chi connectivity index (χ0v) is 22.4. The molecule has 0 aliphatic heterocycles. The quantitative estimate of drug-likeness (QED) is 0.294. The number of aryl methyl sites for hydroxylation is 2. The first-order valence-electron chi connectivity index (χ1n) is 12.9. The Hall–Kier alpha value is -3.92. The van der Waals surface area contributed by atoms with Gasteiger partial charge in [-0.15, -0.1) is 0 Å². The molecule has 40 heavy (non-hydrogen) atoms. The molecular weight excluding hydrogens is 543 g/mol. The van der Waals surface area contributed by atoms with Gasteiger partial charge in [0.1, 0.15) is 10.8 Å². The van der Waals surface area contributed by atoms with Crippen LogP contribution in [-0.4, -0.2) is 31.3 Å². The molecule has 4 aromatic rings. The van der Waals surface area contributed by atoms with Crippen LogP contribution in [0.3, 0.4) is 0 Å². The first-order valence-corrected chi connectivity index (χ1v) is 13.3. The van der Waals surface area contributed by atoms with Gasteiger partial charge in [0.2, 0.25) is 0 Å². The molecule has 0 bridgehead atoms. The summed E-state index contributed by atoms with van der Waals surface area (Å²) in [4.78, 5) is 30.5. The number of halogens is 4. The summed E-state index contributed by atoms with van der Waals surface area (Å²) >= 11 is 6.61. The summed E-state index contributed by atoms with van der Waals surface area (Å²) < 4.78 is 43.4. The van der Waals surface area contributed by atoms with Crippen LogP contribution in [0, 0.1) is 19.7 Å². The third-order valence-electron chi connectivity index (χ3n) is 7.55. The molecule has 11 heteroatoms. The van der Waals surface area contributed by atoms with Gasteiger partial charge in [-0.25, -0.2) is 9.07 Å². The lowest BCUT2D eigenvalue weighted by atomic mass is 10.0. The van der Waals surface area contributed by atoms with E-state index in [1.165, 1.54) is 23.0 Å². The van der Waals surface area contributed by atoms with Crippen molar-refractivity contribution in [3.63, 3.8) is 0 Å². The van der Waals surface area contributed by atoms with E-state index in [2.05, 4.69) is 15.4 Å². The van der Waals surface area contributed by atoms with E-state index in [1.807, 2.05) is 6.07 Å². The van der Waals surface area contributed by atoms with Gasteiger partial charge in [0.05, 0.1) is 23.1 Å². The van der Waals surface area contributed by atoms with E-state index in [0.717, 1.165) is 12.8 Å². The van der Waals surface area contributed by atoms with Gasteiger partial charge < -0.3 is 5.32 Å². The molecule has 0 spiro atoms. The van der Waals surface area contributed by atoms with E-state index < -0.39 is 23.8 Å². The van der Waals surface area contributed by atoms with Crippen LogP contribution < -0.4 is 10.9 Å². The Morgan fingerprint density at radius 1 is 1.15 bits per heavy atom. The molecule has 1 amide bonds. The summed E-state index contributed by atoms with van der Waals surface area (Å²) in [6.45, 7) is 0.842. The number of nitrogens with one attached hydrogen (secondary N) is 1. The highest BCUT2D eigenvalue weighted by Gasteiger charge is 2.42. The maximum Gasteiger partial charge on any atom is 0.333 e. The Morgan fingerprint density at radius 3 is 2.62 bits per heavy atom. The molecule has 2 fully saturated rings. The van der Waals surface area contributed by atoms with Crippen molar-refractivity contribution in [3.05, 3.63) is 98.1 Å². The predicted octanol–water partition coefficient (Wildman–Crippen LogP) is 6.06. The van der Waals surface area contributed by atoms with Gasteiger partial charge in [-0.1, -0.05) is 17.7 Å². The number of carbonyl (C=O) groups excluding carboxylic acids is 1. The Balaban J connectivity index is 1.34. The second kappa shape index (κ2) is 9.92. The van der Waals surface area contributed by atoms with E-state index in [9.17, 15) is 18.4 Å². The van der Waals surface area contributed by atoms with Crippen LogP contribution in [0.25, 0.3) is 16.9 Å². The summed E-state index contributed by atoms with van der Waals surface area (Å²) in [5, 5.41) is 6.55. The van der Waals surface area contributed by atoms with Crippen molar-refractivity contribution in [2.75, 3.05) is 0 Å². The number of amides is 1. The minimum absolute atomic E-state index is 0.0436. The first-order chi connectivity index (χ1) is 19.1. The molecule has 2 saturated carbocycles. The first kappa shape index (κ1) is 26.3. The Bertz CT molecular complexity index is 1710. The molecule has 1 N–H and O–H groups in total. The second-order valence-electron chi connectivity index (χ2n) is 10.4. The fourth-order valence-electron chi connectivity index (χ4n) is 5.16. The summed E-state index contributed by atoms with van der Waals surface area (Å²) in [7, 11) is 0. The number of hydrogen-bond donors (Lipinski definition) is 1. The van der Waals surface area contributed by atoms with Crippen molar-refractivity contribution in [2.45, 2.75) is 57.5 Å². The Labute approximate surface area is 232 Å². The van der Waals surface area contributed by atoms with Crippen LogP contribution in [0.5, 0.6) is 0 Å². The normalized spacial score (nSPS) is 18.3. The van der Waals surface area contributed by atoms with Crippen molar-refractivity contribution in [3.8, 4) is 16.9 Å². The average Bonchev–Trinajstić information content (AvgIpc) is 3.85. The zero-order chi connectivity index (χ0) is 28.3. The van der Waals surface area contributed by atoms with E-state index in [4.69, 9.17) is 11.6 Å². The van der Waals surface area contributed by atoms with Gasteiger partial charge in [-0.2, -0.15) is 13.9 Å². The molecule has 1 aromatic carbocycles. The van der Waals surface area contributed by atoms with Crippen LogP contribution in [0.4, 0.5) is 13.2 Å². The van der Waals surface area contributed by atoms with Gasteiger partial charge in [0.15, 0.2) is 0 Å². The zero-order valence-electron chi connectivity index (χ0n) is 21.7. The molecule has 3 heterocycles. The predicted molar refractivity (Wildman–Crippen MR) is 144 cm³/mol. The SMILES string of the molecule is Cc1cnc(-c2cccc(C(=O)NC3CC3)c2F)cc1-n1c(C)cc([C@H]2C[C@@H]2c2cnn(C(F)F)c2)c(Cl)c1=O. The number of rotatable bonds is 7. The van der Waals surface area contributed by atoms with Crippen LogP contribution in [0.1, 0.15) is 70.4 Å². The maximum atomic E-state index is 15.5. The topological polar surface area (TPSA) is 81.8 Å². The van der Waals surface area contributed by atoms with E-state index in [0.29, 0.717) is 39.2 Å². The lowest BCUT2D eigenvalue weighted by molar-refractivity contribution is 0.0565. The number of alkyl halides is 2. The molecule has 7 nitrogen and oxygen atoms in total. The third kappa shape index (κ3) is 4.70. The molecule has 2 atom stereocenters. The van der Waals surface area contributed by atoms with Crippen molar-refractivity contribution >= 4 is 17.5 Å². The van der Waals surface area contributed by atoms with Gasteiger partial charge in [-0.05, 0) is 85.9 Å². The summed E-state index contributed by atoms with van der Waals surface area (Å²) in [6.07, 6.45) is 6.73. The van der Waals surface area contributed by atoms with Crippen LogP contribution in [-0.2, 0) is 0 Å². The Morgan fingerprint density at radius 2 is 1.93 bits per heavy atom. The van der Waals surface area contributed by atoms with Gasteiger partial charge >= 0.3 is 6.55 Å². The lowest BCUT2D eigenvalue weighted by Crippen LogP contribution is -2.26. The molecule has 2 aliphatic carbocycles. The molecule has 0 radical (unpaired) electrons. The van der Waals surface area contributed by atoms with E-state index >= 15 is 4.39 Å². The van der Waals surface area contributed by atoms with Crippen molar-refractivity contribution in [2.24, 2.45) is 0 Å². The van der Waals surface area contributed by atoms with E-state index in [-0.39, 0.29) is 39.7 Å². The molecular formula is C29H25ClF3N5O2. The lowest BCUT2D eigenvalue weighted by Gasteiger charge is -2.17. The smallest absolute Gasteiger partial charge is 0.333 e. The van der Waals surface area contributed by atoms with Gasteiger partial charge in [-0.3, -0.25) is 19.1 Å². The standard InChI is InChI=1S/C29H25ClF3N5O2/c1-14-11-34-23(18-4-3-5-19(26(18)31)27(39)36-17-6-7-17)10-24(14)38-15(2)8-22(25(30)28(38)40)21-9-20(21)16-12-35-37(13-16)29(32)33/h3-5,8,10-13,17,20-21,29H,6-7,9H2,1-2H3,(H,36,39)/t20-,21+/m1/s1. The molecule has 0 unspecified atom stereocenters. The Kier molecular flexibility index (Phi) is 6.53. The number of pyridine rings is 2. The van der Waals surface area contributed by atoms with Crippen molar-refractivity contribution in [1.82, 2.24) is 24.6 Å². The fraction of sp³-hybridized carbons (Fsp3) is 0.310. The summed E-state index contributed by atoms with van der Waals surface area (Å²) in [5.41, 5.74) is 3.00. The molecule has 206 valence electrons. The van der Waals surface area contributed by atoms with E-state index in [1.54, 1.807) is 38.2 Å². The number of benzene rings is 1. The highest BCUT2D eigenvalue weighted by molar-refractivity contribution is 6.31. The van der Waals surface area contributed by atoms with Crippen LogP contribution in [0.15, 0.2) is 53.7 Å². The van der Waals surface area contributed by atoms with Crippen molar-refractivity contribution < 1.29 is 18.0 Å². The monoisotopic (exact) mass is 567 g/mol. The maximum absolute atomic E-state index is 15.5. The number of carbonyl (C=O) groups is 1. The summed E-state index contributed by atoms with van der Waals surface area (Å²) in [6, 6.07) is 8.10. The second-order valence-corrected chi connectivity index (χ2v) is 10.8. The van der Waals surface area contributed by atoms with Gasteiger partial charge in [0, 0.05) is 29.7 Å². The van der Waals surface area contributed by atoms with Crippen LogP contribution in [0.2, 0.25) is 5.02 Å². The minimum Gasteiger partial charge on any atom is -0.349 e. The largest absolute Gasteiger partial charge is 0.349 e. The van der Waals surface area contributed by atoms with Gasteiger partial charge in [0.25, 0.3) is 11.5 Å².